The second-order valence-electron chi connectivity index (χ2n) is 12.2. The Bertz CT molecular complexity index is 1620. The third-order valence-electron chi connectivity index (χ3n) is 8.11. The first-order valence-corrected chi connectivity index (χ1v) is 14.6. The maximum Gasteiger partial charge on any atom is 0.410 e. The summed E-state index contributed by atoms with van der Waals surface area (Å²) in [6.07, 6.45) is 6.82. The molecule has 6 rings (SSSR count). The van der Waals surface area contributed by atoms with Crippen molar-refractivity contribution < 1.29 is 19.0 Å². The van der Waals surface area contributed by atoms with Crippen LogP contribution in [0, 0.1) is 5.82 Å². The summed E-state index contributed by atoms with van der Waals surface area (Å²) in [5, 5.41) is 23.2. The van der Waals surface area contributed by atoms with E-state index in [4.69, 9.17) is 10.5 Å². The summed E-state index contributed by atoms with van der Waals surface area (Å²) in [6, 6.07) is 6.10. The van der Waals surface area contributed by atoms with Gasteiger partial charge < -0.3 is 25.4 Å². The van der Waals surface area contributed by atoms with Gasteiger partial charge in [-0.1, -0.05) is 6.07 Å². The van der Waals surface area contributed by atoms with E-state index in [2.05, 4.69) is 30.2 Å². The van der Waals surface area contributed by atoms with Crippen molar-refractivity contribution in [3.05, 3.63) is 48.0 Å². The Morgan fingerprint density at radius 3 is 2.42 bits per heavy atom. The second-order valence-corrected chi connectivity index (χ2v) is 12.2. The van der Waals surface area contributed by atoms with Gasteiger partial charge in [-0.3, -0.25) is 4.68 Å². The number of rotatable bonds is 4. The molecule has 12 nitrogen and oxygen atoms in total. The van der Waals surface area contributed by atoms with Crippen LogP contribution >= 0.6 is 0 Å². The summed E-state index contributed by atoms with van der Waals surface area (Å²) in [5.41, 5.74) is 8.50. The van der Waals surface area contributed by atoms with Crippen LogP contribution in [0.4, 0.5) is 21.0 Å². The van der Waals surface area contributed by atoms with Gasteiger partial charge in [0.05, 0.1) is 17.3 Å². The molecule has 3 aromatic heterocycles. The number of ether oxygens (including phenoxy) is 1. The minimum Gasteiger partial charge on any atom is -0.504 e. The fourth-order valence-electron chi connectivity index (χ4n) is 5.83. The second kappa shape index (κ2) is 11.3. The number of phenolic OH excluding ortho intramolecular Hbond substituents is 1. The highest BCUT2D eigenvalue weighted by molar-refractivity contribution is 5.87. The first-order chi connectivity index (χ1) is 20.6. The summed E-state index contributed by atoms with van der Waals surface area (Å²) >= 11 is 0. The molecule has 2 aliphatic heterocycles. The fourth-order valence-corrected chi connectivity index (χ4v) is 5.83. The van der Waals surface area contributed by atoms with E-state index in [9.17, 15) is 14.3 Å². The minimum atomic E-state index is -0.723. The SMILES string of the molecule is CC(C)(C)OC(=O)N1CCC(c2cnc(N3CCC(n4nc(N)c5nnc(-c6cccc(F)c6O)cc54)CC3)nc2)CC1. The van der Waals surface area contributed by atoms with E-state index < -0.39 is 17.2 Å². The van der Waals surface area contributed by atoms with Crippen LogP contribution in [-0.2, 0) is 4.74 Å². The predicted molar refractivity (Wildman–Crippen MR) is 159 cm³/mol. The Hall–Kier alpha value is -4.55. The summed E-state index contributed by atoms with van der Waals surface area (Å²) in [7, 11) is 0. The average molecular weight is 590 g/mol. The molecule has 0 bridgehead atoms. The molecule has 0 unspecified atom stereocenters. The number of carbonyl (C=O) groups is 1. The third kappa shape index (κ3) is 5.88. The molecule has 2 fully saturated rings. The molecule has 2 aliphatic rings. The van der Waals surface area contributed by atoms with Crippen molar-refractivity contribution in [1.29, 1.82) is 0 Å². The van der Waals surface area contributed by atoms with Gasteiger partial charge in [-0.05, 0) is 76.1 Å². The van der Waals surface area contributed by atoms with Crippen LogP contribution in [0.1, 0.15) is 64.0 Å². The van der Waals surface area contributed by atoms with Crippen molar-refractivity contribution in [2.24, 2.45) is 0 Å². The van der Waals surface area contributed by atoms with E-state index in [1.54, 1.807) is 17.0 Å². The molecule has 0 spiro atoms. The largest absolute Gasteiger partial charge is 0.504 e. The number of hydrogen-bond acceptors (Lipinski definition) is 10. The lowest BCUT2D eigenvalue weighted by molar-refractivity contribution is 0.0204. The molecular formula is C30H36FN9O3. The van der Waals surface area contributed by atoms with Gasteiger partial charge in [-0.25, -0.2) is 19.2 Å². The summed E-state index contributed by atoms with van der Waals surface area (Å²) in [5.74, 6) is 0.0717. The van der Waals surface area contributed by atoms with Crippen molar-refractivity contribution in [2.45, 2.75) is 64.0 Å². The summed E-state index contributed by atoms with van der Waals surface area (Å²) < 4.78 is 21.3. The number of piperidine rings is 2. The molecule has 43 heavy (non-hydrogen) atoms. The normalized spacial score (nSPS) is 17.0. The van der Waals surface area contributed by atoms with E-state index in [0.29, 0.717) is 41.7 Å². The molecule has 0 saturated carbocycles. The maximum atomic E-state index is 14.0. The third-order valence-corrected chi connectivity index (χ3v) is 8.11. The van der Waals surface area contributed by atoms with E-state index >= 15 is 0 Å². The Morgan fingerprint density at radius 2 is 1.74 bits per heavy atom. The number of anilines is 2. The van der Waals surface area contributed by atoms with E-state index in [0.717, 1.165) is 44.3 Å². The molecule has 4 aromatic rings. The first-order valence-electron chi connectivity index (χ1n) is 14.6. The van der Waals surface area contributed by atoms with Crippen LogP contribution in [0.15, 0.2) is 36.7 Å². The van der Waals surface area contributed by atoms with Gasteiger partial charge in [-0.15, -0.1) is 10.2 Å². The maximum absolute atomic E-state index is 14.0. The van der Waals surface area contributed by atoms with E-state index in [-0.39, 0.29) is 23.5 Å². The average Bonchev–Trinajstić information content (AvgIpc) is 3.33. The van der Waals surface area contributed by atoms with Crippen molar-refractivity contribution >= 4 is 28.9 Å². The lowest BCUT2D eigenvalue weighted by Crippen LogP contribution is -2.41. The molecule has 1 aromatic carbocycles. The zero-order valence-corrected chi connectivity index (χ0v) is 24.6. The van der Waals surface area contributed by atoms with Gasteiger partial charge in [0.15, 0.2) is 22.9 Å². The van der Waals surface area contributed by atoms with Crippen LogP contribution < -0.4 is 10.6 Å². The number of hydrogen-bond donors (Lipinski definition) is 2. The number of halogens is 1. The lowest BCUT2D eigenvalue weighted by atomic mass is 9.91. The number of carbonyl (C=O) groups excluding carboxylic acids is 1. The lowest BCUT2D eigenvalue weighted by Gasteiger charge is -2.34. The zero-order valence-electron chi connectivity index (χ0n) is 24.6. The Balaban J connectivity index is 1.09. The van der Waals surface area contributed by atoms with Gasteiger partial charge >= 0.3 is 6.09 Å². The molecule has 5 heterocycles. The number of likely N-dealkylation sites (tertiary alicyclic amines) is 1. The predicted octanol–water partition coefficient (Wildman–Crippen LogP) is 4.67. The fraction of sp³-hybridized carbons (Fsp3) is 0.467. The molecule has 3 N–H and O–H groups in total. The Morgan fingerprint density at radius 1 is 1.05 bits per heavy atom. The first kappa shape index (κ1) is 28.6. The number of benzene rings is 1. The van der Waals surface area contributed by atoms with Gasteiger partial charge in [0.2, 0.25) is 5.95 Å². The van der Waals surface area contributed by atoms with Crippen LogP contribution in [0.2, 0.25) is 0 Å². The molecule has 1 amide bonds. The number of nitrogen functional groups attached to an aromatic ring is 1. The minimum absolute atomic E-state index is 0.0589. The number of aromatic nitrogens is 6. The number of aromatic hydroxyl groups is 1. The number of nitrogens with two attached hydrogens (primary N) is 1. The van der Waals surface area contributed by atoms with E-state index in [1.807, 2.05) is 37.8 Å². The molecule has 2 saturated heterocycles. The standard InChI is InChI=1S/C30H36FN9O3/c1-30(2,3)43-29(42)39-11-7-18(8-12-39)19-16-33-28(34-17-19)38-13-9-20(10-14-38)40-24-15-23(35-36-25(24)27(32)37-40)21-5-4-6-22(31)26(21)41/h4-6,15-18,20,41H,7-14H2,1-3H3,(H2,32,37). The van der Waals surface area contributed by atoms with Crippen LogP contribution in [-0.4, -0.2) is 77.8 Å². The molecule has 0 atom stereocenters. The highest BCUT2D eigenvalue weighted by Gasteiger charge is 2.29. The number of para-hydroxylation sites is 1. The number of amides is 1. The van der Waals surface area contributed by atoms with Gasteiger partial charge in [0, 0.05) is 44.1 Å². The number of nitrogens with zero attached hydrogens (tertiary/aromatic N) is 8. The number of fused-ring (bicyclic) bond motifs is 1. The van der Waals surface area contributed by atoms with Gasteiger partial charge in [0.25, 0.3) is 0 Å². The smallest absolute Gasteiger partial charge is 0.410 e. The van der Waals surface area contributed by atoms with Gasteiger partial charge in [-0.2, -0.15) is 5.10 Å². The highest BCUT2D eigenvalue weighted by Crippen LogP contribution is 2.34. The van der Waals surface area contributed by atoms with Crippen molar-refractivity contribution in [3.63, 3.8) is 0 Å². The van der Waals surface area contributed by atoms with Crippen LogP contribution in [0.5, 0.6) is 5.75 Å². The van der Waals surface area contributed by atoms with Crippen molar-refractivity contribution in [3.8, 4) is 17.0 Å². The van der Waals surface area contributed by atoms with E-state index in [1.165, 1.54) is 12.1 Å². The number of phenols is 1. The quantitative estimate of drug-likeness (QED) is 0.344. The zero-order chi connectivity index (χ0) is 30.3. The van der Waals surface area contributed by atoms with Crippen molar-refractivity contribution in [1.82, 2.24) is 34.8 Å². The van der Waals surface area contributed by atoms with Crippen molar-refractivity contribution in [2.75, 3.05) is 36.8 Å². The molecular weight excluding hydrogens is 553 g/mol. The topological polar surface area (TPSA) is 148 Å². The van der Waals surface area contributed by atoms with Crippen LogP contribution in [0.25, 0.3) is 22.3 Å². The molecule has 0 radical (unpaired) electrons. The highest BCUT2D eigenvalue weighted by atomic mass is 19.1. The summed E-state index contributed by atoms with van der Waals surface area (Å²) in [6.45, 7) is 8.40. The molecule has 13 heteroatoms. The Labute approximate surface area is 248 Å². The van der Waals surface area contributed by atoms with Gasteiger partial charge in [0.1, 0.15) is 5.60 Å². The monoisotopic (exact) mass is 589 g/mol. The molecule has 0 aliphatic carbocycles. The van der Waals surface area contributed by atoms with Crippen LogP contribution in [0.3, 0.4) is 0 Å². The Kier molecular flexibility index (Phi) is 7.49. The summed E-state index contributed by atoms with van der Waals surface area (Å²) in [4.78, 5) is 25.7. The molecule has 226 valence electrons.